The highest BCUT2D eigenvalue weighted by Gasteiger charge is 2.18. The normalized spacial score (nSPS) is 11.4. The van der Waals surface area contributed by atoms with Crippen LogP contribution in [0.2, 0.25) is 0 Å². The van der Waals surface area contributed by atoms with E-state index in [0.717, 1.165) is 11.3 Å². The van der Waals surface area contributed by atoms with Crippen molar-refractivity contribution in [2.75, 3.05) is 5.32 Å². The Morgan fingerprint density at radius 2 is 2.14 bits per heavy atom. The van der Waals surface area contributed by atoms with Crippen LogP contribution in [0.25, 0.3) is 0 Å². The molecule has 1 aromatic rings. The maximum absolute atomic E-state index is 11.2. The van der Waals surface area contributed by atoms with E-state index in [-0.39, 0.29) is 10.1 Å². The second-order valence-corrected chi connectivity index (χ2v) is 8.53. The third-order valence-corrected chi connectivity index (χ3v) is 5.99. The minimum absolute atomic E-state index is 0.182. The largest absolute Gasteiger partial charge is 0.302 e. The molecule has 0 atom stereocenters. The van der Waals surface area contributed by atoms with E-state index in [1.165, 1.54) is 28.1 Å². The minimum atomic E-state index is -3.27. The predicted octanol–water partition coefficient (Wildman–Crippen LogP) is 1.53. The van der Waals surface area contributed by atoms with Gasteiger partial charge < -0.3 is 5.32 Å². The molecule has 1 aromatic heterocycles. The Bertz CT molecular complexity index is 465. The Hall–Kier alpha value is -0.220. The lowest BCUT2D eigenvalue weighted by Gasteiger charge is -1.91. The van der Waals surface area contributed by atoms with Crippen LogP contribution in [-0.4, -0.2) is 19.3 Å². The number of nitrogens with zero attached hydrogens (tertiary/aromatic N) is 1. The molecule has 0 saturated carbocycles. The van der Waals surface area contributed by atoms with Crippen molar-refractivity contribution in [3.8, 4) is 0 Å². The molecule has 0 fully saturated rings. The Morgan fingerprint density at radius 1 is 1.57 bits per heavy atom. The van der Waals surface area contributed by atoms with Gasteiger partial charge in [0, 0.05) is 6.92 Å². The molecule has 0 aliphatic rings. The quantitative estimate of drug-likeness (QED) is 0.651. The summed E-state index contributed by atoms with van der Waals surface area (Å²) < 4.78 is 22.6. The summed E-state index contributed by atoms with van der Waals surface area (Å²) in [7, 11) is -3.27. The molecule has 78 valence electrons. The van der Waals surface area contributed by atoms with Crippen molar-refractivity contribution in [1.82, 2.24) is 4.98 Å². The molecule has 1 amide bonds. The van der Waals surface area contributed by atoms with Gasteiger partial charge in [-0.3, -0.25) is 4.79 Å². The number of amides is 1. The van der Waals surface area contributed by atoms with Crippen molar-refractivity contribution in [1.29, 1.82) is 0 Å². The van der Waals surface area contributed by atoms with Crippen LogP contribution in [-0.2, 0) is 11.8 Å². The van der Waals surface area contributed by atoms with Crippen molar-refractivity contribution in [2.24, 2.45) is 0 Å². The number of anilines is 1. The maximum Gasteiger partial charge on any atom is 0.242 e. The fourth-order valence-corrected chi connectivity index (χ4v) is 4.36. The van der Waals surface area contributed by atoms with Gasteiger partial charge in [-0.2, -0.15) is 0 Å². The van der Waals surface area contributed by atoms with Gasteiger partial charge in [0.1, 0.15) is 0 Å². The van der Waals surface area contributed by atoms with Crippen LogP contribution < -0.4 is 5.32 Å². The fourth-order valence-electron chi connectivity index (χ4n) is 0.813. The smallest absolute Gasteiger partial charge is 0.242 e. The molecule has 1 heterocycles. The summed E-state index contributed by atoms with van der Waals surface area (Å²) in [5.74, 6) is -0.267. The summed E-state index contributed by atoms with van der Waals surface area (Å²) >= 11 is 2.30. The Balaban J connectivity index is 3.12. The molecular formula is C6H7IN2O3S2. The highest BCUT2D eigenvalue weighted by Crippen LogP contribution is 2.30. The van der Waals surface area contributed by atoms with E-state index in [1.54, 1.807) is 6.92 Å². The van der Waals surface area contributed by atoms with Crippen LogP contribution in [0.3, 0.4) is 0 Å². The van der Waals surface area contributed by atoms with E-state index in [0.29, 0.717) is 10.8 Å². The van der Waals surface area contributed by atoms with Crippen molar-refractivity contribution >= 4 is 50.6 Å². The van der Waals surface area contributed by atoms with Crippen LogP contribution in [0, 0.1) is 6.92 Å². The zero-order chi connectivity index (χ0) is 10.9. The third-order valence-electron chi connectivity index (χ3n) is 1.26. The van der Waals surface area contributed by atoms with Crippen LogP contribution in [0.4, 0.5) is 5.13 Å². The molecule has 5 nitrogen and oxygen atoms in total. The highest BCUT2D eigenvalue weighted by molar-refractivity contribution is 14.2. The van der Waals surface area contributed by atoms with E-state index in [2.05, 4.69) is 10.3 Å². The van der Waals surface area contributed by atoms with Gasteiger partial charge in [0.15, 0.2) is 9.34 Å². The highest BCUT2D eigenvalue weighted by atomic mass is 127. The Morgan fingerprint density at radius 3 is 2.50 bits per heavy atom. The molecular weight excluding hydrogens is 339 g/mol. The first kappa shape index (κ1) is 11.9. The molecule has 0 radical (unpaired) electrons. The van der Waals surface area contributed by atoms with Crippen LogP contribution >= 0.6 is 32.5 Å². The molecule has 0 aliphatic heterocycles. The van der Waals surface area contributed by atoms with E-state index >= 15 is 0 Å². The first-order valence-corrected chi connectivity index (χ1v) is 8.34. The number of aryl methyl sites for hydroxylation is 1. The molecule has 0 unspecified atom stereocenters. The van der Waals surface area contributed by atoms with Gasteiger partial charge in [0.05, 0.1) is 26.9 Å². The number of hydrogen-bond acceptors (Lipinski definition) is 5. The summed E-state index contributed by atoms with van der Waals surface area (Å²) in [6.45, 7) is 2.93. The standard InChI is InChI=1S/C6H7IN2O3S2/c1-3-5(14(7,11)12)13-6(8-3)9-4(2)10/h1-2H3,(H,8,9,10). The van der Waals surface area contributed by atoms with Crippen molar-refractivity contribution in [3.63, 3.8) is 0 Å². The van der Waals surface area contributed by atoms with Gasteiger partial charge in [0.2, 0.25) is 12.9 Å². The fraction of sp³-hybridized carbons (Fsp3) is 0.333. The Labute approximate surface area is 97.4 Å². The maximum atomic E-state index is 11.2. The third kappa shape index (κ3) is 2.89. The summed E-state index contributed by atoms with van der Waals surface area (Å²) in [6.07, 6.45) is 0. The van der Waals surface area contributed by atoms with Crippen molar-refractivity contribution in [3.05, 3.63) is 5.69 Å². The van der Waals surface area contributed by atoms with E-state index in [1.807, 2.05) is 0 Å². The average molecular weight is 346 g/mol. The summed E-state index contributed by atoms with van der Waals surface area (Å²) in [5, 5.41) is 2.75. The topological polar surface area (TPSA) is 76.1 Å². The average Bonchev–Trinajstić information content (AvgIpc) is 2.27. The molecule has 0 bridgehead atoms. The number of carbonyl (C=O) groups is 1. The molecule has 0 aliphatic carbocycles. The summed E-state index contributed by atoms with van der Waals surface area (Å²) in [4.78, 5) is 14.6. The number of nitrogens with one attached hydrogen (secondary N) is 1. The van der Waals surface area contributed by atoms with Gasteiger partial charge in [-0.05, 0) is 6.92 Å². The number of rotatable bonds is 2. The van der Waals surface area contributed by atoms with Gasteiger partial charge in [0.25, 0.3) is 0 Å². The molecule has 1 N–H and O–H groups in total. The molecule has 1 rings (SSSR count). The van der Waals surface area contributed by atoms with Crippen LogP contribution in [0.1, 0.15) is 12.6 Å². The minimum Gasteiger partial charge on any atom is -0.302 e. The molecule has 0 aromatic carbocycles. The Kier molecular flexibility index (Phi) is 3.48. The number of aromatic nitrogens is 1. The summed E-state index contributed by atoms with van der Waals surface area (Å²) in [5.41, 5.74) is 0.410. The lowest BCUT2D eigenvalue weighted by molar-refractivity contribution is -0.114. The van der Waals surface area contributed by atoms with Gasteiger partial charge in [-0.1, -0.05) is 11.3 Å². The zero-order valence-electron chi connectivity index (χ0n) is 7.37. The van der Waals surface area contributed by atoms with Crippen molar-refractivity contribution in [2.45, 2.75) is 18.1 Å². The van der Waals surface area contributed by atoms with Crippen LogP contribution in [0.5, 0.6) is 0 Å². The molecule has 0 spiro atoms. The summed E-state index contributed by atoms with van der Waals surface area (Å²) in [6, 6.07) is 0. The first-order valence-electron chi connectivity index (χ1n) is 3.50. The van der Waals surface area contributed by atoms with Crippen LogP contribution in [0.15, 0.2) is 4.21 Å². The lowest BCUT2D eigenvalue weighted by Crippen LogP contribution is -2.04. The second kappa shape index (κ2) is 4.11. The molecule has 0 saturated heterocycles. The lowest BCUT2D eigenvalue weighted by atomic mass is 10.6. The zero-order valence-corrected chi connectivity index (χ0v) is 11.2. The first-order chi connectivity index (χ1) is 6.30. The van der Waals surface area contributed by atoms with E-state index < -0.39 is 7.01 Å². The molecule has 8 heteroatoms. The number of carbonyl (C=O) groups excluding carboxylic acids is 1. The number of hydrogen-bond donors (Lipinski definition) is 1. The number of thiazole rings is 1. The van der Waals surface area contributed by atoms with Gasteiger partial charge in [-0.25, -0.2) is 13.4 Å². The SMILES string of the molecule is CC(=O)Nc1nc(C)c(S(=O)(=O)I)s1. The number of halogens is 1. The predicted molar refractivity (Wildman–Crippen MR) is 62.4 cm³/mol. The molecule has 14 heavy (non-hydrogen) atoms. The van der Waals surface area contributed by atoms with Gasteiger partial charge >= 0.3 is 0 Å². The van der Waals surface area contributed by atoms with E-state index in [9.17, 15) is 13.2 Å². The second-order valence-electron chi connectivity index (χ2n) is 2.51. The monoisotopic (exact) mass is 346 g/mol. The van der Waals surface area contributed by atoms with E-state index in [4.69, 9.17) is 0 Å². The van der Waals surface area contributed by atoms with Gasteiger partial charge in [-0.15, -0.1) is 0 Å². The van der Waals surface area contributed by atoms with Crippen molar-refractivity contribution < 1.29 is 13.2 Å².